The number of carboxylic acid groups (broad SMARTS) is 1. The topological polar surface area (TPSA) is 76.1 Å². The van der Waals surface area contributed by atoms with Crippen molar-refractivity contribution in [1.82, 2.24) is 4.90 Å². The normalized spacial score (nSPS) is 10.2. The first-order chi connectivity index (χ1) is 9.49. The lowest BCUT2D eigenvalue weighted by Crippen LogP contribution is -2.38. The molecular formula is C13H16INO5. The van der Waals surface area contributed by atoms with E-state index in [0.717, 1.165) is 0 Å². The van der Waals surface area contributed by atoms with Crippen molar-refractivity contribution >= 4 is 34.5 Å². The van der Waals surface area contributed by atoms with E-state index in [1.165, 1.54) is 12.0 Å². The van der Waals surface area contributed by atoms with Crippen molar-refractivity contribution < 1.29 is 24.2 Å². The Balaban J connectivity index is 2.95. The minimum atomic E-state index is -1.06. The predicted octanol–water partition coefficient (Wildman–Crippen LogP) is 1.47. The summed E-state index contributed by atoms with van der Waals surface area (Å²) < 4.78 is 10.7. The van der Waals surface area contributed by atoms with Gasteiger partial charge < -0.3 is 19.5 Å². The molecule has 1 amide bonds. The highest BCUT2D eigenvalue weighted by atomic mass is 127. The molecule has 0 saturated heterocycles. The van der Waals surface area contributed by atoms with Crippen LogP contribution < -0.4 is 4.74 Å². The van der Waals surface area contributed by atoms with Crippen molar-refractivity contribution in [3.63, 3.8) is 0 Å². The molecule has 20 heavy (non-hydrogen) atoms. The summed E-state index contributed by atoms with van der Waals surface area (Å²) >= 11 is 2.02. The molecule has 110 valence electrons. The molecule has 0 bridgehead atoms. The fourth-order valence-corrected chi connectivity index (χ4v) is 2.30. The van der Waals surface area contributed by atoms with Crippen molar-refractivity contribution in [2.24, 2.45) is 0 Å². The Morgan fingerprint density at radius 3 is 2.55 bits per heavy atom. The maximum Gasteiger partial charge on any atom is 0.323 e. The van der Waals surface area contributed by atoms with Crippen LogP contribution in [0, 0.1) is 3.57 Å². The highest BCUT2D eigenvalue weighted by Crippen LogP contribution is 2.20. The molecule has 0 unspecified atom stereocenters. The number of aliphatic carboxylic acids is 1. The van der Waals surface area contributed by atoms with Gasteiger partial charge in [-0.15, -0.1) is 0 Å². The first-order valence-corrected chi connectivity index (χ1v) is 6.91. The Labute approximate surface area is 130 Å². The second kappa shape index (κ2) is 8.05. The van der Waals surface area contributed by atoms with Crippen LogP contribution in [0.3, 0.4) is 0 Å². The summed E-state index contributed by atoms with van der Waals surface area (Å²) in [6, 6.07) is 5.03. The van der Waals surface area contributed by atoms with Crippen molar-refractivity contribution in [3.05, 3.63) is 27.3 Å². The summed E-state index contributed by atoms with van der Waals surface area (Å²) in [5.41, 5.74) is 0.448. The van der Waals surface area contributed by atoms with Crippen LogP contribution in [0.15, 0.2) is 18.2 Å². The van der Waals surface area contributed by atoms with Gasteiger partial charge in [0.05, 0.1) is 19.3 Å². The number of hydrogen-bond donors (Lipinski definition) is 1. The van der Waals surface area contributed by atoms with Gasteiger partial charge >= 0.3 is 5.97 Å². The second-order valence-electron chi connectivity index (χ2n) is 3.96. The average molecular weight is 393 g/mol. The van der Waals surface area contributed by atoms with E-state index >= 15 is 0 Å². The Kier molecular flexibility index (Phi) is 6.73. The Morgan fingerprint density at radius 1 is 1.35 bits per heavy atom. The molecule has 0 spiro atoms. The first-order valence-electron chi connectivity index (χ1n) is 5.83. The van der Waals surface area contributed by atoms with E-state index in [9.17, 15) is 9.59 Å². The van der Waals surface area contributed by atoms with E-state index in [1.54, 1.807) is 25.3 Å². The van der Waals surface area contributed by atoms with E-state index in [2.05, 4.69) is 0 Å². The molecule has 0 heterocycles. The van der Waals surface area contributed by atoms with Crippen LogP contribution in [0.5, 0.6) is 5.75 Å². The number of ether oxygens (including phenoxy) is 2. The highest BCUT2D eigenvalue weighted by Gasteiger charge is 2.20. The van der Waals surface area contributed by atoms with Crippen molar-refractivity contribution in [2.45, 2.75) is 0 Å². The number of carboxylic acids is 1. The highest BCUT2D eigenvalue weighted by molar-refractivity contribution is 14.1. The second-order valence-corrected chi connectivity index (χ2v) is 5.12. The van der Waals surface area contributed by atoms with E-state index < -0.39 is 5.97 Å². The van der Waals surface area contributed by atoms with E-state index in [-0.39, 0.29) is 25.6 Å². The summed E-state index contributed by atoms with van der Waals surface area (Å²) in [4.78, 5) is 24.5. The van der Waals surface area contributed by atoms with Crippen LogP contribution in [-0.4, -0.2) is 55.8 Å². The van der Waals surface area contributed by atoms with Crippen molar-refractivity contribution in [1.29, 1.82) is 0 Å². The van der Waals surface area contributed by atoms with Gasteiger partial charge in [0.1, 0.15) is 12.3 Å². The fourth-order valence-electron chi connectivity index (χ4n) is 1.58. The number of amides is 1. The largest absolute Gasteiger partial charge is 0.497 e. The Hall–Kier alpha value is -1.35. The van der Waals surface area contributed by atoms with Gasteiger partial charge in [0.2, 0.25) is 0 Å². The molecule has 0 aliphatic heterocycles. The molecule has 1 aromatic rings. The standard InChI is InChI=1S/C13H16INO5/c1-19-6-5-15(8-12(16)17)13(18)10-4-3-9(20-2)7-11(10)14/h3-4,7H,5-6,8H2,1-2H3,(H,16,17). The number of methoxy groups -OCH3 is 2. The lowest BCUT2D eigenvalue weighted by Gasteiger charge is -2.21. The lowest BCUT2D eigenvalue weighted by atomic mass is 10.2. The smallest absolute Gasteiger partial charge is 0.323 e. The Morgan fingerprint density at radius 2 is 2.05 bits per heavy atom. The van der Waals surface area contributed by atoms with Gasteiger partial charge in [0, 0.05) is 17.2 Å². The van der Waals surface area contributed by atoms with Crippen LogP contribution in [-0.2, 0) is 9.53 Å². The summed E-state index contributed by atoms with van der Waals surface area (Å²) in [6.45, 7) is 0.153. The molecule has 0 fully saturated rings. The van der Waals surface area contributed by atoms with Crippen molar-refractivity contribution in [3.8, 4) is 5.75 Å². The number of carbonyl (C=O) groups is 2. The van der Waals surface area contributed by atoms with Crippen LogP contribution in [0.2, 0.25) is 0 Å². The minimum Gasteiger partial charge on any atom is -0.497 e. The third kappa shape index (κ3) is 4.64. The molecule has 0 saturated carbocycles. The molecule has 0 aromatic heterocycles. The molecule has 1 N–H and O–H groups in total. The lowest BCUT2D eigenvalue weighted by molar-refractivity contribution is -0.137. The number of carbonyl (C=O) groups excluding carboxylic acids is 1. The molecule has 1 aromatic carbocycles. The van der Waals surface area contributed by atoms with E-state index in [1.807, 2.05) is 22.6 Å². The summed E-state index contributed by atoms with van der Waals surface area (Å²) in [5, 5.41) is 8.87. The molecule has 0 aliphatic carbocycles. The zero-order valence-electron chi connectivity index (χ0n) is 11.3. The maximum absolute atomic E-state index is 12.4. The molecule has 7 heteroatoms. The minimum absolute atomic E-state index is 0.226. The average Bonchev–Trinajstić information content (AvgIpc) is 2.42. The van der Waals surface area contributed by atoms with Gasteiger partial charge in [-0.3, -0.25) is 9.59 Å². The number of rotatable bonds is 7. The van der Waals surface area contributed by atoms with Gasteiger partial charge in [0.15, 0.2) is 0 Å². The van der Waals surface area contributed by atoms with Crippen molar-refractivity contribution in [2.75, 3.05) is 33.9 Å². The van der Waals surface area contributed by atoms with Gasteiger partial charge in [-0.25, -0.2) is 0 Å². The zero-order valence-corrected chi connectivity index (χ0v) is 13.4. The number of nitrogens with zero attached hydrogens (tertiary/aromatic N) is 1. The van der Waals surface area contributed by atoms with Gasteiger partial charge in [-0.2, -0.15) is 0 Å². The third-order valence-electron chi connectivity index (χ3n) is 2.59. The predicted molar refractivity (Wildman–Crippen MR) is 81.1 cm³/mol. The third-order valence-corrected chi connectivity index (χ3v) is 3.48. The maximum atomic E-state index is 12.4. The zero-order chi connectivity index (χ0) is 15.1. The van der Waals surface area contributed by atoms with Crippen LogP contribution in [0.4, 0.5) is 0 Å². The van der Waals surface area contributed by atoms with Gasteiger partial charge in [-0.05, 0) is 40.8 Å². The van der Waals surface area contributed by atoms with Gasteiger partial charge in [0.25, 0.3) is 5.91 Å². The molecule has 1 rings (SSSR count). The number of hydrogen-bond acceptors (Lipinski definition) is 4. The number of halogens is 1. The first kappa shape index (κ1) is 16.7. The van der Waals surface area contributed by atoms with E-state index in [0.29, 0.717) is 14.9 Å². The molecule has 0 radical (unpaired) electrons. The van der Waals surface area contributed by atoms with Gasteiger partial charge in [-0.1, -0.05) is 0 Å². The van der Waals surface area contributed by atoms with Crippen LogP contribution in [0.25, 0.3) is 0 Å². The molecule has 6 nitrogen and oxygen atoms in total. The molecule has 0 atom stereocenters. The number of benzene rings is 1. The quantitative estimate of drug-likeness (QED) is 0.711. The van der Waals surface area contributed by atoms with E-state index in [4.69, 9.17) is 14.6 Å². The fraction of sp³-hybridized carbons (Fsp3) is 0.385. The summed E-state index contributed by atoms with van der Waals surface area (Å²) in [6.07, 6.45) is 0. The molecule has 0 aliphatic rings. The Bertz CT molecular complexity index is 492. The SMILES string of the molecule is COCCN(CC(=O)O)C(=O)c1ccc(OC)cc1I. The van der Waals surface area contributed by atoms with Crippen LogP contribution in [0.1, 0.15) is 10.4 Å². The monoisotopic (exact) mass is 393 g/mol. The summed E-state index contributed by atoms with van der Waals surface area (Å²) in [7, 11) is 3.04. The summed E-state index contributed by atoms with van der Waals surface area (Å²) in [5.74, 6) is -0.748. The molecular weight excluding hydrogens is 377 g/mol. The van der Waals surface area contributed by atoms with Crippen LogP contribution >= 0.6 is 22.6 Å².